The van der Waals surface area contributed by atoms with E-state index in [1.54, 1.807) is 12.1 Å². The van der Waals surface area contributed by atoms with Crippen LogP contribution in [0.15, 0.2) is 59.5 Å². The zero-order valence-corrected chi connectivity index (χ0v) is 13.2. The smallest absolute Gasteiger partial charge is 0.256 e. The van der Waals surface area contributed by atoms with E-state index in [-0.39, 0.29) is 11.2 Å². The SMILES string of the molecule is CC(Sc1ccc(Cl)cc1)C(=O)NOCc1ccccc1. The zero-order valence-electron chi connectivity index (χ0n) is 11.6. The molecule has 0 aliphatic carbocycles. The van der Waals surface area contributed by atoms with E-state index in [2.05, 4.69) is 5.48 Å². The average Bonchev–Trinajstić information content (AvgIpc) is 2.50. The van der Waals surface area contributed by atoms with Gasteiger partial charge in [0.15, 0.2) is 0 Å². The van der Waals surface area contributed by atoms with E-state index in [0.29, 0.717) is 11.6 Å². The minimum Gasteiger partial charge on any atom is -0.272 e. The summed E-state index contributed by atoms with van der Waals surface area (Å²) in [7, 11) is 0. The van der Waals surface area contributed by atoms with Crippen molar-refractivity contribution in [3.05, 3.63) is 65.2 Å². The lowest BCUT2D eigenvalue weighted by Gasteiger charge is -2.12. The predicted molar refractivity (Wildman–Crippen MR) is 86.1 cm³/mol. The highest BCUT2D eigenvalue weighted by atomic mass is 35.5. The summed E-state index contributed by atoms with van der Waals surface area (Å²) in [5.41, 5.74) is 3.49. The Balaban J connectivity index is 1.76. The number of thioether (sulfide) groups is 1. The summed E-state index contributed by atoms with van der Waals surface area (Å²) in [5.74, 6) is -0.161. The van der Waals surface area contributed by atoms with E-state index in [9.17, 15) is 4.79 Å². The number of hydroxylamine groups is 1. The Morgan fingerprint density at radius 2 is 1.86 bits per heavy atom. The third-order valence-electron chi connectivity index (χ3n) is 2.75. The van der Waals surface area contributed by atoms with Crippen molar-refractivity contribution in [1.29, 1.82) is 0 Å². The van der Waals surface area contributed by atoms with Gasteiger partial charge in [0.2, 0.25) is 0 Å². The second kappa shape index (κ2) is 8.08. The van der Waals surface area contributed by atoms with Crippen LogP contribution < -0.4 is 5.48 Å². The molecule has 2 rings (SSSR count). The summed E-state index contributed by atoms with van der Waals surface area (Å²) in [5, 5.41) is 0.435. The minimum atomic E-state index is -0.248. The van der Waals surface area contributed by atoms with Crippen molar-refractivity contribution in [1.82, 2.24) is 5.48 Å². The van der Waals surface area contributed by atoms with Gasteiger partial charge in [-0.3, -0.25) is 9.63 Å². The number of rotatable bonds is 6. The monoisotopic (exact) mass is 321 g/mol. The Bertz CT molecular complexity index is 575. The van der Waals surface area contributed by atoms with Crippen molar-refractivity contribution in [2.24, 2.45) is 0 Å². The second-order valence-corrected chi connectivity index (χ2v) is 6.31. The van der Waals surface area contributed by atoms with Gasteiger partial charge in [0.05, 0.1) is 11.9 Å². The molecule has 3 nitrogen and oxygen atoms in total. The van der Waals surface area contributed by atoms with E-state index in [4.69, 9.17) is 16.4 Å². The van der Waals surface area contributed by atoms with E-state index >= 15 is 0 Å². The molecule has 5 heteroatoms. The van der Waals surface area contributed by atoms with Crippen LogP contribution in [0.3, 0.4) is 0 Å². The largest absolute Gasteiger partial charge is 0.272 e. The lowest BCUT2D eigenvalue weighted by atomic mass is 10.2. The van der Waals surface area contributed by atoms with Gasteiger partial charge in [-0.05, 0) is 36.8 Å². The van der Waals surface area contributed by atoms with Crippen LogP contribution >= 0.6 is 23.4 Å². The van der Waals surface area contributed by atoms with Gasteiger partial charge in [-0.25, -0.2) is 5.48 Å². The van der Waals surface area contributed by atoms with Crippen molar-refractivity contribution in [3.8, 4) is 0 Å². The molecule has 0 bridgehead atoms. The van der Waals surface area contributed by atoms with Gasteiger partial charge in [0.1, 0.15) is 0 Å². The summed E-state index contributed by atoms with van der Waals surface area (Å²) in [4.78, 5) is 18.1. The van der Waals surface area contributed by atoms with Crippen LogP contribution in [0.2, 0.25) is 5.02 Å². The van der Waals surface area contributed by atoms with Crippen molar-refractivity contribution in [3.63, 3.8) is 0 Å². The fraction of sp³-hybridized carbons (Fsp3) is 0.188. The molecule has 0 fully saturated rings. The number of carbonyl (C=O) groups is 1. The van der Waals surface area contributed by atoms with Gasteiger partial charge in [-0.15, -0.1) is 11.8 Å². The topological polar surface area (TPSA) is 38.3 Å². The Hall–Kier alpha value is -1.49. The Morgan fingerprint density at radius 3 is 2.52 bits per heavy atom. The maximum Gasteiger partial charge on any atom is 0.256 e. The maximum absolute atomic E-state index is 11.9. The molecule has 1 amide bonds. The minimum absolute atomic E-state index is 0.161. The molecule has 2 aromatic carbocycles. The summed E-state index contributed by atoms with van der Waals surface area (Å²) in [6.45, 7) is 2.19. The van der Waals surface area contributed by atoms with Crippen LogP contribution in [-0.4, -0.2) is 11.2 Å². The van der Waals surface area contributed by atoms with E-state index in [1.807, 2.05) is 49.4 Å². The highest BCUT2D eigenvalue weighted by molar-refractivity contribution is 8.00. The first-order valence-electron chi connectivity index (χ1n) is 6.53. The zero-order chi connectivity index (χ0) is 15.1. The van der Waals surface area contributed by atoms with Gasteiger partial charge >= 0.3 is 0 Å². The lowest BCUT2D eigenvalue weighted by Crippen LogP contribution is -2.30. The molecule has 0 heterocycles. The van der Waals surface area contributed by atoms with Gasteiger partial charge in [0, 0.05) is 9.92 Å². The van der Waals surface area contributed by atoms with Crippen LogP contribution in [-0.2, 0) is 16.2 Å². The standard InChI is InChI=1S/C16H16ClNO2S/c1-12(21-15-9-7-14(17)8-10-15)16(19)18-20-11-13-5-3-2-4-6-13/h2-10,12H,11H2,1H3,(H,18,19). The van der Waals surface area contributed by atoms with Crippen molar-refractivity contribution < 1.29 is 9.63 Å². The Labute approximate surface area is 133 Å². The number of benzene rings is 2. The molecule has 2 aromatic rings. The van der Waals surface area contributed by atoms with Crippen molar-refractivity contribution in [2.75, 3.05) is 0 Å². The molecule has 0 aromatic heterocycles. The molecule has 21 heavy (non-hydrogen) atoms. The van der Waals surface area contributed by atoms with E-state index < -0.39 is 0 Å². The normalized spacial score (nSPS) is 11.9. The van der Waals surface area contributed by atoms with Gasteiger partial charge in [-0.1, -0.05) is 41.9 Å². The van der Waals surface area contributed by atoms with Crippen LogP contribution in [0.4, 0.5) is 0 Å². The molecule has 0 radical (unpaired) electrons. The Morgan fingerprint density at radius 1 is 1.19 bits per heavy atom. The van der Waals surface area contributed by atoms with Crippen LogP contribution in [0.25, 0.3) is 0 Å². The number of halogens is 1. The molecule has 0 aliphatic rings. The summed E-state index contributed by atoms with van der Waals surface area (Å²) in [6.07, 6.45) is 0. The quantitative estimate of drug-likeness (QED) is 0.644. The molecule has 0 spiro atoms. The third-order valence-corrected chi connectivity index (χ3v) is 4.11. The first-order valence-corrected chi connectivity index (χ1v) is 7.78. The lowest BCUT2D eigenvalue weighted by molar-refractivity contribution is -0.133. The maximum atomic E-state index is 11.9. The molecular formula is C16H16ClNO2S. The average molecular weight is 322 g/mol. The first kappa shape index (κ1) is 15.9. The fourth-order valence-electron chi connectivity index (χ4n) is 1.62. The fourth-order valence-corrected chi connectivity index (χ4v) is 2.60. The van der Waals surface area contributed by atoms with Crippen LogP contribution in [0.1, 0.15) is 12.5 Å². The van der Waals surface area contributed by atoms with Gasteiger partial charge in [0.25, 0.3) is 5.91 Å². The van der Waals surface area contributed by atoms with E-state index in [1.165, 1.54) is 11.8 Å². The van der Waals surface area contributed by atoms with Gasteiger partial charge < -0.3 is 0 Å². The number of carbonyl (C=O) groups excluding carboxylic acids is 1. The molecule has 110 valence electrons. The molecule has 1 N–H and O–H groups in total. The molecule has 0 aliphatic heterocycles. The van der Waals surface area contributed by atoms with Crippen LogP contribution in [0.5, 0.6) is 0 Å². The first-order chi connectivity index (χ1) is 10.1. The molecule has 1 unspecified atom stereocenters. The predicted octanol–water partition coefficient (Wildman–Crippen LogP) is 4.07. The highest BCUT2D eigenvalue weighted by Crippen LogP contribution is 2.24. The molecule has 1 atom stereocenters. The molecule has 0 saturated heterocycles. The van der Waals surface area contributed by atoms with Gasteiger partial charge in [-0.2, -0.15) is 0 Å². The van der Waals surface area contributed by atoms with Crippen LogP contribution in [0, 0.1) is 0 Å². The summed E-state index contributed by atoms with van der Waals surface area (Å²) >= 11 is 7.28. The van der Waals surface area contributed by atoms with E-state index in [0.717, 1.165) is 10.5 Å². The summed E-state index contributed by atoms with van der Waals surface area (Å²) < 4.78 is 0. The van der Waals surface area contributed by atoms with Crippen molar-refractivity contribution >= 4 is 29.3 Å². The number of hydrogen-bond donors (Lipinski definition) is 1. The second-order valence-electron chi connectivity index (χ2n) is 4.45. The summed E-state index contributed by atoms with van der Waals surface area (Å²) in [6, 6.07) is 17.1. The molecular weight excluding hydrogens is 306 g/mol. The number of hydrogen-bond acceptors (Lipinski definition) is 3. The Kier molecular flexibility index (Phi) is 6.11. The number of amides is 1. The highest BCUT2D eigenvalue weighted by Gasteiger charge is 2.14. The van der Waals surface area contributed by atoms with Crippen molar-refractivity contribution in [2.45, 2.75) is 23.7 Å². The number of nitrogens with one attached hydrogen (secondary N) is 1. The third kappa shape index (κ3) is 5.42. The molecule has 0 saturated carbocycles.